The van der Waals surface area contributed by atoms with Gasteiger partial charge in [0, 0.05) is 11.1 Å². The standard InChI is InChI=1S/C17H17NO2/c1-12-9-14(7-8-16(12)19-2)18-11-15-10-13-5-3-4-6-17(13)20-15/h3-10,18H,11H2,1-2H3. The van der Waals surface area contributed by atoms with E-state index in [1.165, 1.54) is 0 Å². The van der Waals surface area contributed by atoms with Gasteiger partial charge < -0.3 is 14.5 Å². The summed E-state index contributed by atoms with van der Waals surface area (Å²) < 4.78 is 11.0. The molecule has 0 amide bonds. The van der Waals surface area contributed by atoms with Gasteiger partial charge in [-0.3, -0.25) is 0 Å². The molecule has 102 valence electrons. The van der Waals surface area contributed by atoms with Crippen LogP contribution in [0.3, 0.4) is 0 Å². The molecule has 1 N–H and O–H groups in total. The van der Waals surface area contributed by atoms with Crippen molar-refractivity contribution in [3.63, 3.8) is 0 Å². The number of hydrogen-bond acceptors (Lipinski definition) is 3. The van der Waals surface area contributed by atoms with Crippen LogP contribution in [0.2, 0.25) is 0 Å². The van der Waals surface area contributed by atoms with Crippen LogP contribution in [0.25, 0.3) is 11.0 Å². The zero-order valence-corrected chi connectivity index (χ0v) is 11.6. The Labute approximate surface area is 118 Å². The number of hydrogen-bond donors (Lipinski definition) is 1. The molecule has 0 fully saturated rings. The zero-order valence-electron chi connectivity index (χ0n) is 11.6. The lowest BCUT2D eigenvalue weighted by molar-refractivity contribution is 0.412. The first-order valence-electron chi connectivity index (χ1n) is 6.62. The number of methoxy groups -OCH3 is 1. The molecule has 3 nitrogen and oxygen atoms in total. The average molecular weight is 267 g/mol. The summed E-state index contributed by atoms with van der Waals surface area (Å²) >= 11 is 0. The lowest BCUT2D eigenvalue weighted by Crippen LogP contribution is -1.98. The van der Waals surface area contributed by atoms with E-state index in [1.807, 2.05) is 37.3 Å². The van der Waals surface area contributed by atoms with Gasteiger partial charge >= 0.3 is 0 Å². The number of rotatable bonds is 4. The molecule has 3 rings (SSSR count). The summed E-state index contributed by atoms with van der Waals surface area (Å²) in [6.45, 7) is 2.70. The molecule has 0 saturated heterocycles. The first kappa shape index (κ1) is 12.6. The van der Waals surface area contributed by atoms with Crippen LogP contribution in [-0.2, 0) is 6.54 Å². The van der Waals surface area contributed by atoms with Crippen molar-refractivity contribution in [2.75, 3.05) is 12.4 Å². The Morgan fingerprint density at radius 2 is 1.95 bits per heavy atom. The molecule has 0 unspecified atom stereocenters. The number of ether oxygens (including phenoxy) is 1. The second kappa shape index (κ2) is 5.29. The van der Waals surface area contributed by atoms with E-state index >= 15 is 0 Å². The molecular weight excluding hydrogens is 250 g/mol. The van der Waals surface area contributed by atoms with E-state index in [-0.39, 0.29) is 0 Å². The molecule has 20 heavy (non-hydrogen) atoms. The van der Waals surface area contributed by atoms with E-state index in [4.69, 9.17) is 9.15 Å². The minimum Gasteiger partial charge on any atom is -0.496 e. The number of fused-ring (bicyclic) bond motifs is 1. The number of furan rings is 1. The van der Waals surface area contributed by atoms with Crippen LogP contribution in [0.15, 0.2) is 52.9 Å². The molecule has 3 aromatic rings. The molecule has 0 saturated carbocycles. The highest BCUT2D eigenvalue weighted by Gasteiger charge is 2.04. The van der Waals surface area contributed by atoms with Crippen LogP contribution < -0.4 is 10.1 Å². The number of aryl methyl sites for hydroxylation is 1. The van der Waals surface area contributed by atoms with E-state index in [9.17, 15) is 0 Å². The number of nitrogens with one attached hydrogen (secondary N) is 1. The normalized spacial score (nSPS) is 10.7. The largest absolute Gasteiger partial charge is 0.496 e. The van der Waals surface area contributed by atoms with Gasteiger partial charge in [0.1, 0.15) is 17.1 Å². The topological polar surface area (TPSA) is 34.4 Å². The van der Waals surface area contributed by atoms with Gasteiger partial charge in [0.25, 0.3) is 0 Å². The van der Waals surface area contributed by atoms with Crippen molar-refractivity contribution in [1.82, 2.24) is 0 Å². The minimum atomic E-state index is 0.667. The predicted molar refractivity (Wildman–Crippen MR) is 81.3 cm³/mol. The molecule has 0 aliphatic carbocycles. The monoisotopic (exact) mass is 267 g/mol. The molecule has 0 radical (unpaired) electrons. The van der Waals surface area contributed by atoms with Gasteiger partial charge in [-0.25, -0.2) is 0 Å². The highest BCUT2D eigenvalue weighted by Crippen LogP contribution is 2.23. The van der Waals surface area contributed by atoms with Crippen LogP contribution >= 0.6 is 0 Å². The van der Waals surface area contributed by atoms with E-state index in [2.05, 4.69) is 23.5 Å². The third-order valence-corrected chi connectivity index (χ3v) is 3.34. The van der Waals surface area contributed by atoms with Crippen molar-refractivity contribution in [1.29, 1.82) is 0 Å². The van der Waals surface area contributed by atoms with Gasteiger partial charge in [0.05, 0.1) is 13.7 Å². The summed E-state index contributed by atoms with van der Waals surface area (Å²) in [6, 6.07) is 16.2. The summed E-state index contributed by atoms with van der Waals surface area (Å²) in [5, 5.41) is 4.50. The fourth-order valence-electron chi connectivity index (χ4n) is 2.30. The molecule has 3 heteroatoms. The van der Waals surface area contributed by atoms with Crippen molar-refractivity contribution < 1.29 is 9.15 Å². The van der Waals surface area contributed by atoms with E-state index in [0.717, 1.165) is 33.7 Å². The summed E-state index contributed by atoms with van der Waals surface area (Å²) in [5.41, 5.74) is 3.10. The third kappa shape index (κ3) is 2.48. The Hall–Kier alpha value is -2.42. The maximum Gasteiger partial charge on any atom is 0.134 e. The highest BCUT2D eigenvalue weighted by atomic mass is 16.5. The molecule has 2 aromatic carbocycles. The highest BCUT2D eigenvalue weighted by molar-refractivity contribution is 5.77. The summed E-state index contributed by atoms with van der Waals surface area (Å²) in [6.07, 6.45) is 0. The predicted octanol–water partition coefficient (Wildman–Crippen LogP) is 4.36. The molecule has 0 aliphatic heterocycles. The van der Waals surface area contributed by atoms with Gasteiger partial charge in [-0.2, -0.15) is 0 Å². The van der Waals surface area contributed by atoms with Gasteiger partial charge in [-0.15, -0.1) is 0 Å². The third-order valence-electron chi connectivity index (χ3n) is 3.34. The average Bonchev–Trinajstić information content (AvgIpc) is 2.88. The lowest BCUT2D eigenvalue weighted by atomic mass is 10.2. The zero-order chi connectivity index (χ0) is 13.9. The SMILES string of the molecule is COc1ccc(NCc2cc3ccccc3o2)cc1C. The quantitative estimate of drug-likeness (QED) is 0.762. The second-order valence-corrected chi connectivity index (χ2v) is 4.79. The fraction of sp³-hybridized carbons (Fsp3) is 0.176. The second-order valence-electron chi connectivity index (χ2n) is 4.79. The van der Waals surface area contributed by atoms with Crippen molar-refractivity contribution in [3.8, 4) is 5.75 Å². The van der Waals surface area contributed by atoms with Crippen LogP contribution in [0.4, 0.5) is 5.69 Å². The summed E-state index contributed by atoms with van der Waals surface area (Å²) in [4.78, 5) is 0. The molecule has 0 atom stereocenters. The van der Waals surface area contributed by atoms with Crippen molar-refractivity contribution in [2.24, 2.45) is 0 Å². The Balaban J connectivity index is 1.74. The fourth-order valence-corrected chi connectivity index (χ4v) is 2.30. The number of benzene rings is 2. The van der Waals surface area contributed by atoms with Crippen LogP contribution in [0, 0.1) is 6.92 Å². The van der Waals surface area contributed by atoms with Gasteiger partial charge in [0.2, 0.25) is 0 Å². The molecule has 0 bridgehead atoms. The van der Waals surface area contributed by atoms with Gasteiger partial charge in [-0.1, -0.05) is 18.2 Å². The van der Waals surface area contributed by atoms with Gasteiger partial charge in [-0.05, 0) is 42.8 Å². The lowest BCUT2D eigenvalue weighted by Gasteiger charge is -2.08. The maximum atomic E-state index is 5.78. The Bertz CT molecular complexity index is 698. The Morgan fingerprint density at radius 1 is 1.10 bits per heavy atom. The smallest absolute Gasteiger partial charge is 0.134 e. The van der Waals surface area contributed by atoms with Crippen molar-refractivity contribution >= 4 is 16.7 Å². The molecule has 0 spiro atoms. The molecular formula is C17H17NO2. The number of anilines is 1. The Kier molecular flexibility index (Phi) is 3.33. The Morgan fingerprint density at radius 3 is 2.70 bits per heavy atom. The van der Waals surface area contributed by atoms with Crippen molar-refractivity contribution in [2.45, 2.75) is 13.5 Å². The van der Waals surface area contributed by atoms with Crippen LogP contribution in [0.5, 0.6) is 5.75 Å². The van der Waals surface area contributed by atoms with E-state index in [1.54, 1.807) is 7.11 Å². The maximum absolute atomic E-state index is 5.78. The summed E-state index contributed by atoms with van der Waals surface area (Å²) in [5.74, 6) is 1.83. The number of para-hydroxylation sites is 1. The first-order chi connectivity index (χ1) is 9.76. The molecule has 1 heterocycles. The molecule has 0 aliphatic rings. The van der Waals surface area contributed by atoms with Gasteiger partial charge in [0.15, 0.2) is 0 Å². The van der Waals surface area contributed by atoms with Crippen LogP contribution in [0.1, 0.15) is 11.3 Å². The van der Waals surface area contributed by atoms with Crippen LogP contribution in [-0.4, -0.2) is 7.11 Å². The van der Waals surface area contributed by atoms with E-state index < -0.39 is 0 Å². The summed E-state index contributed by atoms with van der Waals surface area (Å²) in [7, 11) is 1.68. The molecule has 1 aromatic heterocycles. The first-order valence-corrected chi connectivity index (χ1v) is 6.62. The van der Waals surface area contributed by atoms with Crippen molar-refractivity contribution in [3.05, 3.63) is 59.9 Å². The van der Waals surface area contributed by atoms with E-state index in [0.29, 0.717) is 6.54 Å². The minimum absolute atomic E-state index is 0.667.